The molecule has 3 rings (SSSR count). The molecule has 2 saturated heterocycles. The van der Waals surface area contributed by atoms with Gasteiger partial charge >= 0.3 is 5.97 Å². The van der Waals surface area contributed by atoms with E-state index in [1.165, 1.54) is 58.0 Å². The summed E-state index contributed by atoms with van der Waals surface area (Å²) in [6.45, 7) is 4.57. The highest BCUT2D eigenvalue weighted by Crippen LogP contribution is 2.37. The molecule has 22 heavy (non-hydrogen) atoms. The average molecular weight is 302 g/mol. The Morgan fingerprint density at radius 3 is 2.36 bits per heavy atom. The summed E-state index contributed by atoms with van der Waals surface area (Å²) in [6, 6.07) is 7.80. The lowest BCUT2D eigenvalue weighted by Gasteiger charge is -2.43. The number of carbonyl (C=O) groups is 1. The summed E-state index contributed by atoms with van der Waals surface area (Å²) < 4.78 is 4.74. The Morgan fingerprint density at radius 1 is 1.14 bits per heavy atom. The van der Waals surface area contributed by atoms with Crippen LogP contribution in [0.1, 0.15) is 41.6 Å². The van der Waals surface area contributed by atoms with E-state index in [4.69, 9.17) is 4.74 Å². The van der Waals surface area contributed by atoms with Gasteiger partial charge < -0.3 is 9.64 Å². The highest BCUT2D eigenvalue weighted by molar-refractivity contribution is 5.89. The van der Waals surface area contributed by atoms with Gasteiger partial charge in [0.15, 0.2) is 0 Å². The zero-order chi connectivity index (χ0) is 15.6. The van der Waals surface area contributed by atoms with Crippen molar-refractivity contribution in [1.29, 1.82) is 0 Å². The van der Waals surface area contributed by atoms with Crippen LogP contribution in [0.15, 0.2) is 24.3 Å². The minimum absolute atomic E-state index is 0.268. The second-order valence-electron chi connectivity index (χ2n) is 6.71. The number of hydrogen-bond donors (Lipinski definition) is 0. The summed E-state index contributed by atoms with van der Waals surface area (Å²) in [5.41, 5.74) is 2.37. The van der Waals surface area contributed by atoms with Crippen molar-refractivity contribution in [1.82, 2.24) is 9.80 Å². The molecule has 0 bridgehead atoms. The van der Waals surface area contributed by atoms with Crippen molar-refractivity contribution in [2.75, 3.05) is 33.8 Å². The molecule has 0 radical (unpaired) electrons. The van der Waals surface area contributed by atoms with Crippen LogP contribution < -0.4 is 0 Å². The molecule has 0 saturated carbocycles. The molecule has 0 aliphatic carbocycles. The first kappa shape index (κ1) is 15.5. The van der Waals surface area contributed by atoms with E-state index in [9.17, 15) is 4.79 Å². The van der Waals surface area contributed by atoms with Gasteiger partial charge in [0.05, 0.1) is 12.7 Å². The Bertz CT molecular complexity index is 518. The summed E-state index contributed by atoms with van der Waals surface area (Å²) in [5.74, 6) is -0.268. The normalized spacial score (nSPS) is 22.1. The van der Waals surface area contributed by atoms with E-state index in [2.05, 4.69) is 16.8 Å². The van der Waals surface area contributed by atoms with Crippen LogP contribution in [0.2, 0.25) is 0 Å². The fourth-order valence-electron chi connectivity index (χ4n) is 3.95. The molecule has 120 valence electrons. The molecular weight excluding hydrogens is 276 g/mol. The molecule has 1 spiro atoms. The van der Waals surface area contributed by atoms with Gasteiger partial charge in [-0.05, 0) is 57.0 Å². The fourth-order valence-corrected chi connectivity index (χ4v) is 3.95. The van der Waals surface area contributed by atoms with Crippen molar-refractivity contribution in [3.8, 4) is 0 Å². The maximum absolute atomic E-state index is 11.5. The van der Waals surface area contributed by atoms with E-state index in [0.717, 1.165) is 6.54 Å². The van der Waals surface area contributed by atoms with Gasteiger partial charge in [0.2, 0.25) is 0 Å². The van der Waals surface area contributed by atoms with E-state index in [1.807, 2.05) is 24.3 Å². The maximum Gasteiger partial charge on any atom is 0.337 e. The summed E-state index contributed by atoms with van der Waals surface area (Å²) in [7, 11) is 3.70. The molecule has 2 heterocycles. The Labute approximate surface area is 133 Å². The Kier molecular flexibility index (Phi) is 4.50. The smallest absolute Gasteiger partial charge is 0.337 e. The first-order valence-electron chi connectivity index (χ1n) is 8.24. The number of carbonyl (C=O) groups excluding carboxylic acids is 1. The third kappa shape index (κ3) is 3.03. The van der Waals surface area contributed by atoms with Gasteiger partial charge in [-0.2, -0.15) is 0 Å². The largest absolute Gasteiger partial charge is 0.465 e. The van der Waals surface area contributed by atoms with Crippen LogP contribution in [-0.2, 0) is 11.3 Å². The van der Waals surface area contributed by atoms with Crippen LogP contribution in [0.5, 0.6) is 0 Å². The fraction of sp³-hybridized carbons (Fsp3) is 0.611. The van der Waals surface area contributed by atoms with Crippen LogP contribution in [0.25, 0.3) is 0 Å². The molecule has 0 unspecified atom stereocenters. The third-order valence-electron chi connectivity index (χ3n) is 5.51. The summed E-state index contributed by atoms with van der Waals surface area (Å²) in [6.07, 6.45) is 5.28. The predicted molar refractivity (Wildman–Crippen MR) is 86.9 cm³/mol. The lowest BCUT2D eigenvalue weighted by molar-refractivity contribution is 0.0600. The molecule has 1 aromatic carbocycles. The second-order valence-corrected chi connectivity index (χ2v) is 6.71. The second kappa shape index (κ2) is 6.39. The van der Waals surface area contributed by atoms with Crippen molar-refractivity contribution < 1.29 is 9.53 Å². The zero-order valence-corrected chi connectivity index (χ0v) is 13.7. The highest BCUT2D eigenvalue weighted by atomic mass is 16.5. The molecule has 4 nitrogen and oxygen atoms in total. The molecule has 2 aliphatic rings. The summed E-state index contributed by atoms with van der Waals surface area (Å²) in [5, 5.41) is 0. The van der Waals surface area contributed by atoms with E-state index in [0.29, 0.717) is 11.1 Å². The first-order valence-corrected chi connectivity index (χ1v) is 8.24. The topological polar surface area (TPSA) is 32.8 Å². The number of piperidine rings is 1. The van der Waals surface area contributed by atoms with Gasteiger partial charge in [0.1, 0.15) is 0 Å². The molecule has 2 aliphatic heterocycles. The van der Waals surface area contributed by atoms with E-state index in [1.54, 1.807) is 0 Å². The van der Waals surface area contributed by atoms with Crippen molar-refractivity contribution >= 4 is 5.97 Å². The molecule has 0 atom stereocenters. The van der Waals surface area contributed by atoms with Gasteiger partial charge in [-0.1, -0.05) is 12.1 Å². The Morgan fingerprint density at radius 2 is 1.82 bits per heavy atom. The zero-order valence-electron chi connectivity index (χ0n) is 13.7. The molecule has 2 fully saturated rings. The first-order chi connectivity index (χ1) is 10.6. The minimum atomic E-state index is -0.268. The van der Waals surface area contributed by atoms with Crippen molar-refractivity contribution in [2.24, 2.45) is 0 Å². The van der Waals surface area contributed by atoms with Gasteiger partial charge in [-0.25, -0.2) is 4.79 Å². The number of benzene rings is 1. The van der Waals surface area contributed by atoms with E-state index >= 15 is 0 Å². The van der Waals surface area contributed by atoms with Crippen LogP contribution in [0.3, 0.4) is 0 Å². The van der Waals surface area contributed by atoms with E-state index in [-0.39, 0.29) is 5.97 Å². The number of hydrogen-bond acceptors (Lipinski definition) is 4. The van der Waals surface area contributed by atoms with Crippen molar-refractivity contribution in [3.05, 3.63) is 35.4 Å². The molecule has 1 aromatic rings. The number of ether oxygens (including phenoxy) is 1. The van der Waals surface area contributed by atoms with Gasteiger partial charge in [-0.3, -0.25) is 4.90 Å². The number of nitrogens with zero attached hydrogens (tertiary/aromatic N) is 2. The molecule has 0 amide bonds. The van der Waals surface area contributed by atoms with Crippen LogP contribution in [-0.4, -0.2) is 55.1 Å². The number of rotatable bonds is 3. The maximum atomic E-state index is 11.5. The highest BCUT2D eigenvalue weighted by Gasteiger charge is 2.40. The Balaban J connectivity index is 1.55. The van der Waals surface area contributed by atoms with Gasteiger partial charge in [0.25, 0.3) is 0 Å². The quantitative estimate of drug-likeness (QED) is 0.803. The third-order valence-corrected chi connectivity index (χ3v) is 5.51. The van der Waals surface area contributed by atoms with Gasteiger partial charge in [0, 0.05) is 25.2 Å². The van der Waals surface area contributed by atoms with Crippen LogP contribution in [0.4, 0.5) is 0 Å². The lowest BCUT2D eigenvalue weighted by Crippen LogP contribution is -2.50. The van der Waals surface area contributed by atoms with Gasteiger partial charge in [-0.15, -0.1) is 0 Å². The van der Waals surface area contributed by atoms with Crippen molar-refractivity contribution in [2.45, 2.75) is 37.8 Å². The number of likely N-dealkylation sites (tertiary alicyclic amines) is 2. The standard InChI is InChI=1S/C18H26N2O2/c1-19-11-3-8-18(19)9-12-20(13-10-18)14-15-4-6-16(7-5-15)17(21)22-2/h4-7H,3,8-14H2,1-2H3. The summed E-state index contributed by atoms with van der Waals surface area (Å²) in [4.78, 5) is 16.6. The van der Waals surface area contributed by atoms with Crippen LogP contribution in [0, 0.1) is 0 Å². The minimum Gasteiger partial charge on any atom is -0.465 e. The van der Waals surface area contributed by atoms with Crippen LogP contribution >= 0.6 is 0 Å². The Hall–Kier alpha value is -1.39. The average Bonchev–Trinajstić information content (AvgIpc) is 2.90. The molecule has 4 heteroatoms. The summed E-state index contributed by atoms with van der Waals surface area (Å²) >= 11 is 0. The van der Waals surface area contributed by atoms with Crippen molar-refractivity contribution in [3.63, 3.8) is 0 Å². The lowest BCUT2D eigenvalue weighted by atomic mass is 9.85. The SMILES string of the molecule is COC(=O)c1ccc(CN2CCC3(CCCN3C)CC2)cc1. The predicted octanol–water partition coefficient (Wildman–Crippen LogP) is 2.53. The molecular formula is C18H26N2O2. The number of esters is 1. The molecule has 0 N–H and O–H groups in total. The monoisotopic (exact) mass is 302 g/mol. The number of methoxy groups -OCH3 is 1. The molecule has 0 aromatic heterocycles. The van der Waals surface area contributed by atoms with E-state index < -0.39 is 0 Å².